The first-order valence-electron chi connectivity index (χ1n) is 7.10. The average molecular weight is 253 g/mol. The molecule has 1 heteroatoms. The third kappa shape index (κ3) is 3.24. The molecule has 0 aliphatic carbocycles. The molecule has 0 saturated carbocycles. The van der Waals surface area contributed by atoms with Crippen LogP contribution in [0.25, 0.3) is 0 Å². The van der Waals surface area contributed by atoms with Gasteiger partial charge in [0.15, 0.2) is 0 Å². The minimum absolute atomic E-state index is 0.271. The van der Waals surface area contributed by atoms with E-state index in [0.29, 0.717) is 0 Å². The van der Waals surface area contributed by atoms with Gasteiger partial charge in [0.2, 0.25) is 0 Å². The Kier molecular flexibility index (Phi) is 4.39. The summed E-state index contributed by atoms with van der Waals surface area (Å²) >= 11 is 0. The van der Waals surface area contributed by atoms with Gasteiger partial charge in [-0.2, -0.15) is 0 Å². The first-order chi connectivity index (χ1) is 9.18. The van der Waals surface area contributed by atoms with Crippen molar-refractivity contribution in [1.82, 2.24) is 0 Å². The third-order valence-electron chi connectivity index (χ3n) is 3.90. The van der Waals surface area contributed by atoms with Crippen molar-refractivity contribution in [2.75, 3.05) is 0 Å². The van der Waals surface area contributed by atoms with Gasteiger partial charge < -0.3 is 5.73 Å². The normalized spacial score (nSPS) is 14.1. The summed E-state index contributed by atoms with van der Waals surface area (Å²) < 4.78 is 0. The van der Waals surface area contributed by atoms with Crippen LogP contribution in [0.5, 0.6) is 0 Å². The zero-order valence-corrected chi connectivity index (χ0v) is 11.9. The molecular weight excluding hydrogens is 230 g/mol. The molecule has 1 nitrogen and oxygen atoms in total. The van der Waals surface area contributed by atoms with Crippen LogP contribution < -0.4 is 5.73 Å². The Balaban J connectivity index is 2.30. The Labute approximate surface area is 116 Å². The quantitative estimate of drug-likeness (QED) is 0.854. The number of hydrogen-bond donors (Lipinski definition) is 1. The summed E-state index contributed by atoms with van der Waals surface area (Å²) in [5.74, 6) is 0. The smallest absolute Gasteiger partial charge is 0.0447 e. The number of rotatable bonds is 5. The van der Waals surface area contributed by atoms with Gasteiger partial charge in [-0.05, 0) is 36.0 Å². The predicted molar refractivity (Wildman–Crippen MR) is 82.1 cm³/mol. The summed E-state index contributed by atoms with van der Waals surface area (Å²) in [5, 5.41) is 0. The van der Waals surface area contributed by atoms with Crippen molar-refractivity contribution < 1.29 is 0 Å². The molecule has 2 aromatic rings. The van der Waals surface area contributed by atoms with Crippen molar-refractivity contribution in [1.29, 1.82) is 0 Å². The van der Waals surface area contributed by atoms with Gasteiger partial charge in [0.1, 0.15) is 0 Å². The number of nitrogens with two attached hydrogens (primary N) is 1. The van der Waals surface area contributed by atoms with Gasteiger partial charge in [0, 0.05) is 5.54 Å². The molecule has 100 valence electrons. The van der Waals surface area contributed by atoms with E-state index in [1.54, 1.807) is 0 Å². The van der Waals surface area contributed by atoms with Crippen molar-refractivity contribution >= 4 is 0 Å². The van der Waals surface area contributed by atoms with E-state index in [1.165, 1.54) is 16.7 Å². The van der Waals surface area contributed by atoms with Crippen LogP contribution in [0.3, 0.4) is 0 Å². The lowest BCUT2D eigenvalue weighted by molar-refractivity contribution is 0.424. The van der Waals surface area contributed by atoms with E-state index in [2.05, 4.69) is 62.4 Å². The van der Waals surface area contributed by atoms with Crippen LogP contribution in [0.4, 0.5) is 0 Å². The van der Waals surface area contributed by atoms with E-state index in [0.717, 1.165) is 19.3 Å². The summed E-state index contributed by atoms with van der Waals surface area (Å²) in [6.07, 6.45) is 2.88. The maximum atomic E-state index is 6.67. The van der Waals surface area contributed by atoms with Crippen LogP contribution in [0.1, 0.15) is 37.0 Å². The Morgan fingerprint density at radius 2 is 1.58 bits per heavy atom. The minimum atomic E-state index is -0.271. The van der Waals surface area contributed by atoms with Gasteiger partial charge in [-0.1, -0.05) is 68.4 Å². The largest absolute Gasteiger partial charge is 0.321 e. The van der Waals surface area contributed by atoms with Crippen molar-refractivity contribution in [3.05, 3.63) is 71.3 Å². The molecule has 0 fully saturated rings. The molecule has 0 heterocycles. The number of benzene rings is 2. The van der Waals surface area contributed by atoms with Crippen molar-refractivity contribution in [2.45, 2.75) is 38.6 Å². The van der Waals surface area contributed by atoms with Crippen molar-refractivity contribution in [3.8, 4) is 0 Å². The molecular formula is C18H23N. The van der Waals surface area contributed by atoms with Crippen LogP contribution >= 0.6 is 0 Å². The maximum absolute atomic E-state index is 6.67. The van der Waals surface area contributed by atoms with Gasteiger partial charge in [-0.25, -0.2) is 0 Å². The molecule has 0 aromatic heterocycles. The summed E-state index contributed by atoms with van der Waals surface area (Å²) in [4.78, 5) is 0. The van der Waals surface area contributed by atoms with Gasteiger partial charge in [-0.3, -0.25) is 0 Å². The summed E-state index contributed by atoms with van der Waals surface area (Å²) in [6, 6.07) is 19.2. The molecule has 0 radical (unpaired) electrons. The zero-order chi connectivity index (χ0) is 13.7. The van der Waals surface area contributed by atoms with Gasteiger partial charge in [-0.15, -0.1) is 0 Å². The first kappa shape index (κ1) is 13.8. The monoisotopic (exact) mass is 253 g/mol. The predicted octanol–water partition coefficient (Wildman–Crippen LogP) is 4.06. The SMILES string of the molecule is CCc1cccc(C(N)(CC)Cc2ccccc2)c1. The molecule has 0 bridgehead atoms. The van der Waals surface area contributed by atoms with E-state index >= 15 is 0 Å². The first-order valence-corrected chi connectivity index (χ1v) is 7.10. The molecule has 0 aliphatic heterocycles. The molecule has 0 aliphatic rings. The Morgan fingerprint density at radius 3 is 2.21 bits per heavy atom. The molecule has 19 heavy (non-hydrogen) atoms. The molecule has 0 saturated heterocycles. The third-order valence-corrected chi connectivity index (χ3v) is 3.90. The fourth-order valence-electron chi connectivity index (χ4n) is 2.49. The Hall–Kier alpha value is -1.60. The summed E-state index contributed by atoms with van der Waals surface area (Å²) in [7, 11) is 0. The van der Waals surface area contributed by atoms with Gasteiger partial charge in [0.05, 0.1) is 0 Å². The topological polar surface area (TPSA) is 26.0 Å². The van der Waals surface area contributed by atoms with E-state index < -0.39 is 0 Å². The van der Waals surface area contributed by atoms with Crippen LogP contribution in [0.15, 0.2) is 54.6 Å². The molecule has 1 atom stereocenters. The minimum Gasteiger partial charge on any atom is -0.321 e. The fourth-order valence-corrected chi connectivity index (χ4v) is 2.49. The summed E-state index contributed by atoms with van der Waals surface area (Å²) in [6.45, 7) is 4.35. The van der Waals surface area contributed by atoms with Crippen LogP contribution in [0.2, 0.25) is 0 Å². The lowest BCUT2D eigenvalue weighted by Crippen LogP contribution is -2.38. The number of aryl methyl sites for hydroxylation is 1. The van der Waals surface area contributed by atoms with E-state index in [4.69, 9.17) is 5.73 Å². The summed E-state index contributed by atoms with van der Waals surface area (Å²) in [5.41, 5.74) is 10.3. The lowest BCUT2D eigenvalue weighted by Gasteiger charge is -2.29. The molecule has 2 aromatic carbocycles. The van der Waals surface area contributed by atoms with Gasteiger partial charge in [0.25, 0.3) is 0 Å². The van der Waals surface area contributed by atoms with Crippen LogP contribution in [0, 0.1) is 0 Å². The van der Waals surface area contributed by atoms with Gasteiger partial charge >= 0.3 is 0 Å². The van der Waals surface area contributed by atoms with E-state index in [-0.39, 0.29) is 5.54 Å². The molecule has 1 unspecified atom stereocenters. The molecule has 0 amide bonds. The maximum Gasteiger partial charge on any atom is 0.0447 e. The highest BCUT2D eigenvalue weighted by molar-refractivity contribution is 5.32. The van der Waals surface area contributed by atoms with E-state index in [1.807, 2.05) is 6.07 Å². The molecule has 0 spiro atoms. The highest BCUT2D eigenvalue weighted by Gasteiger charge is 2.25. The highest BCUT2D eigenvalue weighted by atomic mass is 14.7. The van der Waals surface area contributed by atoms with E-state index in [9.17, 15) is 0 Å². The zero-order valence-electron chi connectivity index (χ0n) is 11.9. The second-order valence-electron chi connectivity index (χ2n) is 5.23. The van der Waals surface area contributed by atoms with Crippen LogP contribution in [-0.4, -0.2) is 0 Å². The average Bonchev–Trinajstić information content (AvgIpc) is 2.48. The Bertz CT molecular complexity index is 518. The lowest BCUT2D eigenvalue weighted by atomic mass is 9.82. The second kappa shape index (κ2) is 6.03. The Morgan fingerprint density at radius 1 is 0.895 bits per heavy atom. The van der Waals surface area contributed by atoms with Crippen molar-refractivity contribution in [2.24, 2.45) is 5.73 Å². The fraction of sp³-hybridized carbons (Fsp3) is 0.333. The van der Waals surface area contributed by atoms with Crippen LogP contribution in [-0.2, 0) is 18.4 Å². The molecule has 2 rings (SSSR count). The van der Waals surface area contributed by atoms with Crippen molar-refractivity contribution in [3.63, 3.8) is 0 Å². The second-order valence-corrected chi connectivity index (χ2v) is 5.23. The standard InChI is InChI=1S/C18H23N/c1-3-15-11-8-12-17(13-15)18(19,4-2)14-16-9-6-5-7-10-16/h5-13H,3-4,14,19H2,1-2H3. The number of hydrogen-bond acceptors (Lipinski definition) is 1. The molecule has 2 N–H and O–H groups in total. The highest BCUT2D eigenvalue weighted by Crippen LogP contribution is 2.27.